The number of rotatable bonds is 7. The van der Waals surface area contributed by atoms with Crippen molar-refractivity contribution in [1.82, 2.24) is 10.6 Å². The van der Waals surface area contributed by atoms with Crippen LogP contribution in [-0.2, 0) is 4.79 Å². The molecule has 1 amide bonds. The van der Waals surface area contributed by atoms with Crippen LogP contribution in [0.4, 0.5) is 0 Å². The molecule has 1 heterocycles. The average Bonchev–Trinajstić information content (AvgIpc) is 2.78. The molecule has 1 fully saturated rings. The van der Waals surface area contributed by atoms with Crippen molar-refractivity contribution in [3.8, 4) is 0 Å². The summed E-state index contributed by atoms with van der Waals surface area (Å²) in [6.07, 6.45) is 4.83. The van der Waals surface area contributed by atoms with Crippen LogP contribution < -0.4 is 10.6 Å². The van der Waals surface area contributed by atoms with Gasteiger partial charge >= 0.3 is 0 Å². The summed E-state index contributed by atoms with van der Waals surface area (Å²) in [5.74, 6) is 2.08. The highest BCUT2D eigenvalue weighted by Crippen LogP contribution is 2.22. The summed E-state index contributed by atoms with van der Waals surface area (Å²) < 4.78 is 0. The number of carbonyl (C=O) groups is 1. The Bertz CT molecular complexity index is 237. The summed E-state index contributed by atoms with van der Waals surface area (Å²) in [5.41, 5.74) is -0.289. The third kappa shape index (κ3) is 3.52. The van der Waals surface area contributed by atoms with Gasteiger partial charge in [0.1, 0.15) is 0 Å². The van der Waals surface area contributed by atoms with E-state index in [1.165, 1.54) is 0 Å². The fourth-order valence-electron chi connectivity index (χ4n) is 2.03. The molecule has 0 spiro atoms. The van der Waals surface area contributed by atoms with Crippen molar-refractivity contribution in [3.05, 3.63) is 12.7 Å². The van der Waals surface area contributed by atoms with Crippen molar-refractivity contribution in [2.24, 2.45) is 0 Å². The molecule has 4 heteroatoms. The fourth-order valence-corrected chi connectivity index (χ4v) is 2.61. The van der Waals surface area contributed by atoms with Crippen LogP contribution in [0.3, 0.4) is 0 Å². The van der Waals surface area contributed by atoms with Crippen LogP contribution in [0.5, 0.6) is 0 Å². The first-order chi connectivity index (χ1) is 7.75. The molecule has 0 radical (unpaired) electrons. The minimum Gasteiger partial charge on any atom is -0.354 e. The molecule has 0 saturated carbocycles. The van der Waals surface area contributed by atoms with Gasteiger partial charge in [0.05, 0.1) is 5.54 Å². The molecule has 2 N–H and O–H groups in total. The Hall–Kier alpha value is -0.480. The monoisotopic (exact) mass is 242 g/mol. The number of hydrogen-bond acceptors (Lipinski definition) is 3. The minimum absolute atomic E-state index is 0.173. The van der Waals surface area contributed by atoms with Crippen molar-refractivity contribution >= 4 is 17.7 Å². The molecule has 1 aliphatic rings. The lowest BCUT2D eigenvalue weighted by molar-refractivity contribution is -0.127. The predicted octanol–water partition coefficient (Wildman–Crippen LogP) is 1.55. The van der Waals surface area contributed by atoms with E-state index in [1.807, 2.05) is 6.08 Å². The molecular weight excluding hydrogens is 220 g/mol. The van der Waals surface area contributed by atoms with Gasteiger partial charge in [0.25, 0.3) is 0 Å². The molecule has 1 saturated heterocycles. The second-order valence-corrected chi connectivity index (χ2v) is 5.24. The zero-order valence-electron chi connectivity index (χ0n) is 10.1. The maximum absolute atomic E-state index is 12.0. The SMILES string of the molecule is C=CCSCCNC(=O)C1(CC)CCCN1. The van der Waals surface area contributed by atoms with Gasteiger partial charge in [-0.05, 0) is 25.8 Å². The van der Waals surface area contributed by atoms with Gasteiger partial charge < -0.3 is 10.6 Å². The third-order valence-corrected chi connectivity index (χ3v) is 4.01. The normalized spacial score (nSPS) is 24.3. The molecule has 0 aliphatic carbocycles. The average molecular weight is 242 g/mol. The Labute approximate surface area is 102 Å². The smallest absolute Gasteiger partial charge is 0.240 e. The van der Waals surface area contributed by atoms with E-state index in [2.05, 4.69) is 24.1 Å². The first-order valence-corrected chi connectivity index (χ1v) is 7.12. The molecule has 0 bridgehead atoms. The Morgan fingerprint density at radius 1 is 1.69 bits per heavy atom. The maximum Gasteiger partial charge on any atom is 0.240 e. The molecule has 1 unspecified atom stereocenters. The van der Waals surface area contributed by atoms with Crippen molar-refractivity contribution in [2.45, 2.75) is 31.7 Å². The van der Waals surface area contributed by atoms with Gasteiger partial charge in [-0.25, -0.2) is 0 Å². The second kappa shape index (κ2) is 6.97. The number of thioether (sulfide) groups is 1. The molecule has 1 rings (SSSR count). The van der Waals surface area contributed by atoms with E-state index in [-0.39, 0.29) is 11.4 Å². The third-order valence-electron chi connectivity index (χ3n) is 3.05. The summed E-state index contributed by atoms with van der Waals surface area (Å²) in [4.78, 5) is 12.0. The number of hydrogen-bond donors (Lipinski definition) is 2. The maximum atomic E-state index is 12.0. The Morgan fingerprint density at radius 2 is 2.50 bits per heavy atom. The molecule has 16 heavy (non-hydrogen) atoms. The molecule has 92 valence electrons. The van der Waals surface area contributed by atoms with Crippen LogP contribution in [0, 0.1) is 0 Å². The zero-order chi connectivity index (χ0) is 11.9. The molecular formula is C12H22N2OS. The summed E-state index contributed by atoms with van der Waals surface area (Å²) in [7, 11) is 0. The molecule has 3 nitrogen and oxygen atoms in total. The van der Waals surface area contributed by atoms with Crippen molar-refractivity contribution in [2.75, 3.05) is 24.6 Å². The topological polar surface area (TPSA) is 41.1 Å². The van der Waals surface area contributed by atoms with Gasteiger partial charge in [0.2, 0.25) is 5.91 Å². The largest absolute Gasteiger partial charge is 0.354 e. The van der Waals surface area contributed by atoms with Crippen LogP contribution in [0.1, 0.15) is 26.2 Å². The van der Waals surface area contributed by atoms with Crippen LogP contribution in [0.2, 0.25) is 0 Å². The van der Waals surface area contributed by atoms with Gasteiger partial charge in [-0.15, -0.1) is 6.58 Å². The standard InChI is InChI=1S/C12H22N2OS/c1-3-9-16-10-8-13-11(15)12(4-2)6-5-7-14-12/h3,14H,1,4-10H2,2H3,(H,13,15). The first-order valence-electron chi connectivity index (χ1n) is 5.97. The molecule has 1 aliphatic heterocycles. The van der Waals surface area contributed by atoms with Crippen LogP contribution in [0.25, 0.3) is 0 Å². The first kappa shape index (κ1) is 13.6. The van der Waals surface area contributed by atoms with Crippen molar-refractivity contribution in [1.29, 1.82) is 0 Å². The van der Waals surface area contributed by atoms with E-state index in [9.17, 15) is 4.79 Å². The molecule has 1 atom stereocenters. The number of carbonyl (C=O) groups excluding carboxylic acids is 1. The summed E-state index contributed by atoms with van der Waals surface area (Å²) in [6.45, 7) is 7.45. The Balaban J connectivity index is 2.25. The lowest BCUT2D eigenvalue weighted by Crippen LogP contribution is -2.53. The van der Waals surface area contributed by atoms with E-state index in [0.717, 1.165) is 43.9 Å². The van der Waals surface area contributed by atoms with Gasteiger partial charge in [-0.3, -0.25) is 4.79 Å². The van der Waals surface area contributed by atoms with Crippen molar-refractivity contribution < 1.29 is 4.79 Å². The Morgan fingerprint density at radius 3 is 3.06 bits per heavy atom. The number of amides is 1. The number of nitrogens with one attached hydrogen (secondary N) is 2. The van der Waals surface area contributed by atoms with Gasteiger partial charge in [0, 0.05) is 18.1 Å². The summed E-state index contributed by atoms with van der Waals surface area (Å²) >= 11 is 1.79. The van der Waals surface area contributed by atoms with Gasteiger partial charge in [-0.1, -0.05) is 13.0 Å². The fraction of sp³-hybridized carbons (Fsp3) is 0.750. The van der Waals surface area contributed by atoms with E-state index in [4.69, 9.17) is 0 Å². The van der Waals surface area contributed by atoms with E-state index < -0.39 is 0 Å². The highest BCUT2D eigenvalue weighted by Gasteiger charge is 2.38. The van der Waals surface area contributed by atoms with Crippen LogP contribution in [0.15, 0.2) is 12.7 Å². The minimum atomic E-state index is -0.289. The molecule has 0 aromatic rings. The molecule has 0 aromatic carbocycles. The molecule has 0 aromatic heterocycles. The van der Waals surface area contributed by atoms with E-state index in [0.29, 0.717) is 0 Å². The van der Waals surface area contributed by atoms with Crippen LogP contribution >= 0.6 is 11.8 Å². The predicted molar refractivity (Wildman–Crippen MR) is 70.8 cm³/mol. The van der Waals surface area contributed by atoms with Crippen molar-refractivity contribution in [3.63, 3.8) is 0 Å². The van der Waals surface area contributed by atoms with Crippen LogP contribution in [-0.4, -0.2) is 36.0 Å². The highest BCUT2D eigenvalue weighted by molar-refractivity contribution is 7.99. The van der Waals surface area contributed by atoms with Gasteiger partial charge in [0.15, 0.2) is 0 Å². The lowest BCUT2D eigenvalue weighted by Gasteiger charge is -2.26. The summed E-state index contributed by atoms with van der Waals surface area (Å²) in [6, 6.07) is 0. The quantitative estimate of drug-likeness (QED) is 0.526. The Kier molecular flexibility index (Phi) is 5.91. The van der Waals surface area contributed by atoms with Gasteiger partial charge in [-0.2, -0.15) is 11.8 Å². The second-order valence-electron chi connectivity index (χ2n) is 4.09. The lowest BCUT2D eigenvalue weighted by atomic mass is 9.93. The zero-order valence-corrected chi connectivity index (χ0v) is 10.9. The summed E-state index contributed by atoms with van der Waals surface area (Å²) in [5, 5.41) is 6.36. The van der Waals surface area contributed by atoms with E-state index in [1.54, 1.807) is 11.8 Å². The highest BCUT2D eigenvalue weighted by atomic mass is 32.2. The van der Waals surface area contributed by atoms with E-state index >= 15 is 0 Å².